The van der Waals surface area contributed by atoms with Crippen molar-refractivity contribution >= 4 is 5.91 Å². The molecule has 5 nitrogen and oxygen atoms in total. The molecule has 6 heteroatoms. The third kappa shape index (κ3) is 5.16. The van der Waals surface area contributed by atoms with Crippen LogP contribution in [-0.4, -0.2) is 35.6 Å². The van der Waals surface area contributed by atoms with E-state index in [-0.39, 0.29) is 11.7 Å². The molecule has 2 aromatic rings. The first-order valence-electron chi connectivity index (χ1n) is 8.19. The Morgan fingerprint density at radius 1 is 1.33 bits per heavy atom. The Morgan fingerprint density at radius 3 is 2.83 bits per heavy atom. The number of carbonyl (C=O) groups is 1. The van der Waals surface area contributed by atoms with Crippen molar-refractivity contribution in [2.24, 2.45) is 5.73 Å². The van der Waals surface area contributed by atoms with Gasteiger partial charge in [0.15, 0.2) is 0 Å². The van der Waals surface area contributed by atoms with Crippen molar-refractivity contribution in [3.05, 3.63) is 41.9 Å². The minimum Gasteiger partial charge on any atom is -0.361 e. The summed E-state index contributed by atoms with van der Waals surface area (Å²) < 4.78 is 18.5. The SMILES string of the molecule is C[C@H](N)C(=O)N(C)CCCCCc1cc(-c2cccc(F)c2)no1. The summed E-state index contributed by atoms with van der Waals surface area (Å²) in [7, 11) is 1.77. The van der Waals surface area contributed by atoms with Gasteiger partial charge in [-0.3, -0.25) is 4.79 Å². The Morgan fingerprint density at radius 2 is 2.12 bits per heavy atom. The van der Waals surface area contributed by atoms with Gasteiger partial charge in [-0.1, -0.05) is 23.7 Å². The predicted molar refractivity (Wildman–Crippen MR) is 90.7 cm³/mol. The largest absolute Gasteiger partial charge is 0.361 e. The molecule has 130 valence electrons. The molecule has 1 heterocycles. The second-order valence-corrected chi connectivity index (χ2v) is 6.05. The lowest BCUT2D eigenvalue weighted by Gasteiger charge is -2.18. The zero-order valence-electron chi connectivity index (χ0n) is 14.2. The number of hydrogen-bond donors (Lipinski definition) is 1. The van der Waals surface area contributed by atoms with E-state index in [0.717, 1.165) is 31.4 Å². The summed E-state index contributed by atoms with van der Waals surface area (Å²) in [4.78, 5) is 13.3. The average Bonchev–Trinajstić information content (AvgIpc) is 3.02. The number of carbonyl (C=O) groups excluding carboxylic acids is 1. The van der Waals surface area contributed by atoms with Crippen molar-refractivity contribution in [3.63, 3.8) is 0 Å². The maximum atomic E-state index is 13.2. The van der Waals surface area contributed by atoms with E-state index in [2.05, 4.69) is 5.16 Å². The Bertz CT molecular complexity index is 670. The molecule has 2 N–H and O–H groups in total. The van der Waals surface area contributed by atoms with Crippen LogP contribution in [0.1, 0.15) is 31.9 Å². The van der Waals surface area contributed by atoms with Crippen molar-refractivity contribution in [3.8, 4) is 11.3 Å². The normalized spacial score (nSPS) is 12.2. The van der Waals surface area contributed by atoms with Crippen LogP contribution in [-0.2, 0) is 11.2 Å². The van der Waals surface area contributed by atoms with E-state index in [1.807, 2.05) is 6.07 Å². The quantitative estimate of drug-likeness (QED) is 0.754. The summed E-state index contributed by atoms with van der Waals surface area (Å²) in [5, 5.41) is 3.99. The van der Waals surface area contributed by atoms with Gasteiger partial charge in [0.05, 0.1) is 6.04 Å². The van der Waals surface area contributed by atoms with Crippen molar-refractivity contribution < 1.29 is 13.7 Å². The van der Waals surface area contributed by atoms with Crippen LogP contribution >= 0.6 is 0 Å². The van der Waals surface area contributed by atoms with Gasteiger partial charge in [0.2, 0.25) is 5.91 Å². The van der Waals surface area contributed by atoms with Crippen LogP contribution in [0.4, 0.5) is 4.39 Å². The van der Waals surface area contributed by atoms with Crippen LogP contribution < -0.4 is 5.73 Å². The number of halogens is 1. The molecule has 1 atom stereocenters. The van der Waals surface area contributed by atoms with Crippen molar-refractivity contribution in [1.82, 2.24) is 10.1 Å². The topological polar surface area (TPSA) is 72.4 Å². The Balaban J connectivity index is 1.73. The lowest BCUT2D eigenvalue weighted by Crippen LogP contribution is -2.40. The number of unbranched alkanes of at least 4 members (excludes halogenated alkanes) is 2. The summed E-state index contributed by atoms with van der Waals surface area (Å²) >= 11 is 0. The molecule has 0 saturated heterocycles. The first-order valence-corrected chi connectivity index (χ1v) is 8.19. The molecule has 0 aliphatic carbocycles. The minimum atomic E-state index is -0.453. The number of aryl methyl sites for hydroxylation is 1. The van der Waals surface area contributed by atoms with Crippen LogP contribution in [0, 0.1) is 5.82 Å². The number of hydrogen-bond acceptors (Lipinski definition) is 4. The van der Waals surface area contributed by atoms with Gasteiger partial charge < -0.3 is 15.2 Å². The van der Waals surface area contributed by atoms with Gasteiger partial charge in [-0.05, 0) is 31.9 Å². The van der Waals surface area contributed by atoms with Crippen molar-refractivity contribution in [2.75, 3.05) is 13.6 Å². The highest BCUT2D eigenvalue weighted by Crippen LogP contribution is 2.20. The molecular weight excluding hydrogens is 309 g/mol. The van der Waals surface area contributed by atoms with Crippen LogP contribution in [0.3, 0.4) is 0 Å². The third-order valence-electron chi connectivity index (χ3n) is 3.86. The highest BCUT2D eigenvalue weighted by Gasteiger charge is 2.12. The number of benzene rings is 1. The molecule has 1 aromatic carbocycles. The highest BCUT2D eigenvalue weighted by atomic mass is 19.1. The standard InChI is InChI=1S/C18H24FN3O2/c1-13(20)18(23)22(2)10-5-3-4-9-16-12-17(21-24-16)14-7-6-8-15(19)11-14/h6-8,11-13H,3-5,9-10,20H2,1-2H3/t13-/m0/s1. The van der Waals surface area contributed by atoms with Crippen LogP contribution in [0.15, 0.2) is 34.9 Å². The summed E-state index contributed by atoms with van der Waals surface area (Å²) in [5.74, 6) is 0.460. The third-order valence-corrected chi connectivity index (χ3v) is 3.86. The predicted octanol–water partition coefficient (Wildman–Crippen LogP) is 3.00. The molecule has 0 radical (unpaired) electrons. The van der Waals surface area contributed by atoms with Crippen LogP contribution in [0.25, 0.3) is 11.3 Å². The van der Waals surface area contributed by atoms with Gasteiger partial charge in [0.25, 0.3) is 0 Å². The second-order valence-electron chi connectivity index (χ2n) is 6.05. The Hall–Kier alpha value is -2.21. The first kappa shape index (κ1) is 18.1. The summed E-state index contributed by atoms with van der Waals surface area (Å²) in [5.41, 5.74) is 6.92. The van der Waals surface area contributed by atoms with Gasteiger partial charge in [0.1, 0.15) is 17.3 Å². The number of amides is 1. The molecule has 0 unspecified atom stereocenters. The maximum absolute atomic E-state index is 13.2. The lowest BCUT2D eigenvalue weighted by molar-refractivity contribution is -0.130. The molecular formula is C18H24FN3O2. The number of nitrogens with zero attached hydrogens (tertiary/aromatic N) is 2. The van der Waals surface area contributed by atoms with Gasteiger partial charge in [-0.15, -0.1) is 0 Å². The molecule has 0 aliphatic heterocycles. The second kappa shape index (κ2) is 8.59. The van der Waals surface area contributed by atoms with Gasteiger partial charge in [-0.25, -0.2) is 4.39 Å². The molecule has 0 saturated carbocycles. The number of rotatable bonds is 8. The number of nitrogens with two attached hydrogens (primary N) is 1. The van der Waals surface area contributed by atoms with E-state index in [0.29, 0.717) is 17.8 Å². The molecule has 0 aliphatic rings. The average molecular weight is 333 g/mol. The molecule has 0 spiro atoms. The molecule has 24 heavy (non-hydrogen) atoms. The van der Waals surface area contributed by atoms with E-state index in [1.54, 1.807) is 31.0 Å². The Kier molecular flexibility index (Phi) is 6.49. The van der Waals surface area contributed by atoms with E-state index in [1.165, 1.54) is 12.1 Å². The van der Waals surface area contributed by atoms with Crippen LogP contribution in [0.2, 0.25) is 0 Å². The molecule has 2 rings (SSSR count). The highest BCUT2D eigenvalue weighted by molar-refractivity contribution is 5.80. The van der Waals surface area contributed by atoms with E-state index in [9.17, 15) is 9.18 Å². The van der Waals surface area contributed by atoms with Crippen LogP contribution in [0.5, 0.6) is 0 Å². The molecule has 0 bridgehead atoms. The zero-order valence-corrected chi connectivity index (χ0v) is 14.2. The smallest absolute Gasteiger partial charge is 0.238 e. The Labute approximate surface area is 141 Å². The zero-order chi connectivity index (χ0) is 17.5. The monoisotopic (exact) mass is 333 g/mol. The van der Waals surface area contributed by atoms with Crippen molar-refractivity contribution in [1.29, 1.82) is 0 Å². The summed E-state index contributed by atoms with van der Waals surface area (Å²) in [6.45, 7) is 2.39. The van der Waals surface area contributed by atoms with E-state index in [4.69, 9.17) is 10.3 Å². The van der Waals surface area contributed by atoms with Gasteiger partial charge >= 0.3 is 0 Å². The summed E-state index contributed by atoms with van der Waals surface area (Å²) in [6.07, 6.45) is 3.61. The minimum absolute atomic E-state index is 0.0371. The van der Waals surface area contributed by atoms with Gasteiger partial charge in [0, 0.05) is 31.6 Å². The summed E-state index contributed by atoms with van der Waals surface area (Å²) in [6, 6.07) is 7.69. The fraction of sp³-hybridized carbons (Fsp3) is 0.444. The lowest BCUT2D eigenvalue weighted by atomic mass is 10.1. The molecule has 0 fully saturated rings. The van der Waals surface area contributed by atoms with E-state index < -0.39 is 6.04 Å². The fourth-order valence-corrected chi connectivity index (χ4v) is 2.50. The number of aromatic nitrogens is 1. The fourth-order valence-electron chi connectivity index (χ4n) is 2.50. The van der Waals surface area contributed by atoms with Crippen molar-refractivity contribution in [2.45, 2.75) is 38.6 Å². The first-order chi connectivity index (χ1) is 11.5. The molecule has 1 amide bonds. The van der Waals surface area contributed by atoms with E-state index >= 15 is 0 Å². The van der Waals surface area contributed by atoms with Gasteiger partial charge in [-0.2, -0.15) is 0 Å². The number of likely N-dealkylation sites (N-methyl/N-ethyl adjacent to an activating group) is 1. The molecule has 1 aromatic heterocycles. The maximum Gasteiger partial charge on any atom is 0.238 e.